The Morgan fingerprint density at radius 2 is 1.97 bits per heavy atom. The number of ether oxygens (including phenoxy) is 3. The van der Waals surface area contributed by atoms with Gasteiger partial charge in [-0.05, 0) is 59.8 Å². The Kier molecular flexibility index (Phi) is 5.70. The minimum atomic E-state index is -0.135. The van der Waals surface area contributed by atoms with Crippen molar-refractivity contribution in [2.24, 2.45) is 5.92 Å². The predicted molar refractivity (Wildman–Crippen MR) is 126 cm³/mol. The summed E-state index contributed by atoms with van der Waals surface area (Å²) in [5.74, 6) is 2.19. The Hall–Kier alpha value is -3.85. The van der Waals surface area contributed by atoms with Gasteiger partial charge in [-0.3, -0.25) is 4.79 Å². The van der Waals surface area contributed by atoms with Crippen molar-refractivity contribution in [1.82, 2.24) is 14.8 Å². The average Bonchev–Trinajstić information content (AvgIpc) is 3.58. The molecule has 4 aromatic rings. The van der Waals surface area contributed by atoms with Crippen molar-refractivity contribution in [1.29, 1.82) is 0 Å². The minimum Gasteiger partial charge on any atom is -0.462 e. The van der Waals surface area contributed by atoms with Crippen molar-refractivity contribution in [3.63, 3.8) is 0 Å². The summed E-state index contributed by atoms with van der Waals surface area (Å²) in [6.07, 6.45) is 0. The van der Waals surface area contributed by atoms with Crippen LogP contribution in [-0.2, 0) is 0 Å². The second kappa shape index (κ2) is 8.95. The summed E-state index contributed by atoms with van der Waals surface area (Å²) in [6, 6.07) is 17.0. The standard InChI is InChI=1S/C24H22N4O4S/c1-15(2)13-30-24-26-22(16-5-10-19-20(12-16)32-14-31-19)28(27-24)18-8-6-17(7-9-18)25-23(29)21-4-3-11-33-21/h3-12,15H,13-14H2,1-2H3,(H,25,29). The van der Waals surface area contributed by atoms with Gasteiger partial charge in [-0.15, -0.1) is 16.4 Å². The molecular weight excluding hydrogens is 440 g/mol. The highest BCUT2D eigenvalue weighted by molar-refractivity contribution is 7.12. The fourth-order valence-electron chi connectivity index (χ4n) is 3.28. The maximum absolute atomic E-state index is 12.3. The fourth-order valence-corrected chi connectivity index (χ4v) is 3.90. The van der Waals surface area contributed by atoms with Gasteiger partial charge in [-0.2, -0.15) is 4.98 Å². The van der Waals surface area contributed by atoms with Gasteiger partial charge in [0.2, 0.25) is 6.79 Å². The number of hydrogen-bond donors (Lipinski definition) is 1. The first-order valence-corrected chi connectivity index (χ1v) is 11.4. The van der Waals surface area contributed by atoms with Crippen LogP contribution >= 0.6 is 11.3 Å². The van der Waals surface area contributed by atoms with Crippen LogP contribution in [-0.4, -0.2) is 34.1 Å². The van der Waals surface area contributed by atoms with Gasteiger partial charge in [0.15, 0.2) is 17.3 Å². The van der Waals surface area contributed by atoms with E-state index >= 15 is 0 Å². The highest BCUT2D eigenvalue weighted by atomic mass is 32.1. The number of carbonyl (C=O) groups is 1. The number of hydrogen-bond acceptors (Lipinski definition) is 7. The third-order valence-corrected chi connectivity index (χ3v) is 5.75. The van der Waals surface area contributed by atoms with Crippen molar-refractivity contribution in [3.8, 4) is 34.6 Å². The van der Waals surface area contributed by atoms with Crippen LogP contribution < -0.4 is 19.5 Å². The molecule has 2 aromatic heterocycles. The second-order valence-corrected chi connectivity index (χ2v) is 8.83. The fraction of sp³-hybridized carbons (Fsp3) is 0.208. The topological polar surface area (TPSA) is 87.5 Å². The Morgan fingerprint density at radius 3 is 2.73 bits per heavy atom. The molecule has 0 aliphatic carbocycles. The molecule has 0 fully saturated rings. The van der Waals surface area contributed by atoms with Crippen molar-refractivity contribution in [2.45, 2.75) is 13.8 Å². The molecule has 1 aliphatic rings. The number of amides is 1. The predicted octanol–water partition coefficient (Wildman–Crippen LogP) is 5.01. The van der Waals surface area contributed by atoms with E-state index in [4.69, 9.17) is 14.2 Å². The zero-order chi connectivity index (χ0) is 22.8. The molecule has 8 nitrogen and oxygen atoms in total. The zero-order valence-corrected chi connectivity index (χ0v) is 19.0. The molecule has 5 rings (SSSR count). The molecule has 0 atom stereocenters. The molecule has 1 aliphatic heterocycles. The molecule has 1 N–H and O–H groups in total. The molecule has 9 heteroatoms. The molecule has 0 unspecified atom stereocenters. The summed E-state index contributed by atoms with van der Waals surface area (Å²) in [5.41, 5.74) is 2.29. The molecule has 0 bridgehead atoms. The lowest BCUT2D eigenvalue weighted by molar-refractivity contribution is 0.103. The summed E-state index contributed by atoms with van der Waals surface area (Å²) in [5, 5.41) is 9.36. The van der Waals surface area contributed by atoms with Gasteiger partial charge >= 0.3 is 6.01 Å². The monoisotopic (exact) mass is 462 g/mol. The number of fused-ring (bicyclic) bond motifs is 1. The van der Waals surface area contributed by atoms with E-state index in [1.54, 1.807) is 10.7 Å². The molecule has 33 heavy (non-hydrogen) atoms. The van der Waals surface area contributed by atoms with E-state index < -0.39 is 0 Å². The maximum atomic E-state index is 12.3. The molecule has 2 aromatic carbocycles. The van der Waals surface area contributed by atoms with Crippen LogP contribution in [0, 0.1) is 5.92 Å². The number of rotatable bonds is 7. The van der Waals surface area contributed by atoms with Gasteiger partial charge < -0.3 is 19.5 Å². The first kappa shape index (κ1) is 21.0. The zero-order valence-electron chi connectivity index (χ0n) is 18.1. The number of carbonyl (C=O) groups excluding carboxylic acids is 1. The van der Waals surface area contributed by atoms with Crippen LogP contribution in [0.15, 0.2) is 60.0 Å². The molecule has 3 heterocycles. The van der Waals surface area contributed by atoms with Crippen molar-refractivity contribution < 1.29 is 19.0 Å². The van der Waals surface area contributed by atoms with Crippen molar-refractivity contribution in [2.75, 3.05) is 18.7 Å². The first-order chi connectivity index (χ1) is 16.1. The summed E-state index contributed by atoms with van der Waals surface area (Å²) in [4.78, 5) is 17.6. The number of anilines is 1. The number of nitrogens with zero attached hydrogens (tertiary/aromatic N) is 3. The van der Waals surface area contributed by atoms with Gasteiger partial charge in [0.25, 0.3) is 5.91 Å². The maximum Gasteiger partial charge on any atom is 0.336 e. The summed E-state index contributed by atoms with van der Waals surface area (Å²) in [6.45, 7) is 4.85. The van der Waals surface area contributed by atoms with E-state index in [2.05, 4.69) is 29.2 Å². The number of thiophene rings is 1. The molecule has 0 spiro atoms. The van der Waals surface area contributed by atoms with Gasteiger partial charge in [-0.1, -0.05) is 19.9 Å². The van der Waals surface area contributed by atoms with Crippen LogP contribution in [0.2, 0.25) is 0 Å². The van der Waals surface area contributed by atoms with Gasteiger partial charge in [0.1, 0.15) is 0 Å². The molecule has 168 valence electrons. The Labute approximate surface area is 194 Å². The number of aromatic nitrogens is 3. The quantitative estimate of drug-likeness (QED) is 0.415. The van der Waals surface area contributed by atoms with E-state index in [-0.39, 0.29) is 12.7 Å². The normalized spacial score (nSPS) is 12.2. The van der Waals surface area contributed by atoms with Gasteiger partial charge in [0.05, 0.1) is 17.2 Å². The molecule has 1 amide bonds. The summed E-state index contributed by atoms with van der Waals surface area (Å²) < 4.78 is 18.5. The van der Waals surface area contributed by atoms with Crippen LogP contribution in [0.5, 0.6) is 17.5 Å². The SMILES string of the molecule is CC(C)COc1nc(-c2ccc3c(c2)OCO3)n(-c2ccc(NC(=O)c3cccs3)cc2)n1. The third kappa shape index (κ3) is 4.54. The van der Waals surface area contributed by atoms with E-state index in [1.165, 1.54) is 11.3 Å². The van der Waals surface area contributed by atoms with Crippen LogP contribution in [0.25, 0.3) is 17.1 Å². The lowest BCUT2D eigenvalue weighted by Crippen LogP contribution is -2.10. The Morgan fingerprint density at radius 1 is 1.15 bits per heavy atom. The summed E-state index contributed by atoms with van der Waals surface area (Å²) in [7, 11) is 0. The van der Waals surface area contributed by atoms with E-state index in [1.807, 2.05) is 53.9 Å². The molecule has 0 radical (unpaired) electrons. The molecular formula is C24H22N4O4S. The van der Waals surface area contributed by atoms with E-state index in [9.17, 15) is 4.79 Å². The summed E-state index contributed by atoms with van der Waals surface area (Å²) >= 11 is 1.40. The lowest BCUT2D eigenvalue weighted by Gasteiger charge is -2.08. The average molecular weight is 463 g/mol. The van der Waals surface area contributed by atoms with Crippen molar-refractivity contribution >= 4 is 22.9 Å². The minimum absolute atomic E-state index is 0.135. The van der Waals surface area contributed by atoms with E-state index in [0.717, 1.165) is 11.3 Å². The van der Waals surface area contributed by atoms with Gasteiger partial charge in [0, 0.05) is 11.3 Å². The lowest BCUT2D eigenvalue weighted by atomic mass is 10.2. The van der Waals surface area contributed by atoms with Crippen LogP contribution in [0.4, 0.5) is 5.69 Å². The largest absolute Gasteiger partial charge is 0.462 e. The van der Waals surface area contributed by atoms with Crippen molar-refractivity contribution in [3.05, 3.63) is 64.9 Å². The third-order valence-electron chi connectivity index (χ3n) is 4.88. The van der Waals surface area contributed by atoms with Crippen LogP contribution in [0.3, 0.4) is 0 Å². The highest BCUT2D eigenvalue weighted by Gasteiger charge is 2.20. The Balaban J connectivity index is 1.45. The molecule has 0 saturated carbocycles. The number of nitrogens with one attached hydrogen (secondary N) is 1. The van der Waals surface area contributed by atoms with E-state index in [0.29, 0.717) is 46.4 Å². The Bertz CT molecular complexity index is 1270. The molecule has 0 saturated heterocycles. The smallest absolute Gasteiger partial charge is 0.336 e. The first-order valence-electron chi connectivity index (χ1n) is 10.5. The highest BCUT2D eigenvalue weighted by Crippen LogP contribution is 2.36. The second-order valence-electron chi connectivity index (χ2n) is 7.88. The van der Waals surface area contributed by atoms with Gasteiger partial charge in [-0.25, -0.2) is 4.68 Å². The van der Waals surface area contributed by atoms with Crippen LogP contribution in [0.1, 0.15) is 23.5 Å². The number of benzene rings is 2.